The van der Waals surface area contributed by atoms with E-state index in [2.05, 4.69) is 0 Å². The number of Topliss-reactive ketones (excluding diaryl/α,β-unsaturated/α-hetero) is 3. The third-order valence-corrected chi connectivity index (χ3v) is 6.34. The van der Waals surface area contributed by atoms with Gasteiger partial charge in [0.05, 0.1) is 13.0 Å². The Balaban J connectivity index is 2.19. The fourth-order valence-corrected chi connectivity index (χ4v) is 5.07. The molecule has 1 fully saturated rings. The van der Waals surface area contributed by atoms with Crippen LogP contribution in [0.4, 0.5) is 0 Å². The standard InChI is InChI=1S/C26H32O7/c1-14(27)33-20-8-7-15(9-21(20)32-6)22(23-16(28)10-25(2,3)11-17(23)29)24-18(30)12-26(4,5)13-19(24)31/h7-9,22-23,30H,10-13H2,1-6H3/t22-/m0/s1. The highest BCUT2D eigenvalue weighted by atomic mass is 16.6. The lowest BCUT2D eigenvalue weighted by atomic mass is 9.62. The van der Waals surface area contributed by atoms with E-state index in [4.69, 9.17) is 9.47 Å². The number of methoxy groups -OCH3 is 1. The van der Waals surface area contributed by atoms with Crippen LogP contribution in [0, 0.1) is 16.7 Å². The van der Waals surface area contributed by atoms with Crippen molar-refractivity contribution in [2.45, 2.75) is 66.2 Å². The van der Waals surface area contributed by atoms with Gasteiger partial charge in [0.25, 0.3) is 0 Å². The van der Waals surface area contributed by atoms with Crippen molar-refractivity contribution in [2.75, 3.05) is 7.11 Å². The molecule has 2 aliphatic carbocycles. The van der Waals surface area contributed by atoms with E-state index < -0.39 is 28.6 Å². The molecule has 0 unspecified atom stereocenters. The van der Waals surface area contributed by atoms with E-state index >= 15 is 0 Å². The van der Waals surface area contributed by atoms with Crippen molar-refractivity contribution < 1.29 is 33.8 Å². The Kier molecular flexibility index (Phi) is 6.55. The number of carbonyl (C=O) groups excluding carboxylic acids is 4. The summed E-state index contributed by atoms with van der Waals surface area (Å²) in [6, 6.07) is 4.69. The van der Waals surface area contributed by atoms with Crippen molar-refractivity contribution in [3.8, 4) is 11.5 Å². The fraction of sp³-hybridized carbons (Fsp3) is 0.538. The molecule has 178 valence electrons. The van der Waals surface area contributed by atoms with Crippen molar-refractivity contribution >= 4 is 23.3 Å². The van der Waals surface area contributed by atoms with Crippen LogP contribution in [0.5, 0.6) is 11.5 Å². The Hall–Kier alpha value is -2.96. The van der Waals surface area contributed by atoms with Gasteiger partial charge in [-0.25, -0.2) is 0 Å². The lowest BCUT2D eigenvalue weighted by molar-refractivity contribution is -0.140. The molecule has 1 N–H and O–H groups in total. The third-order valence-electron chi connectivity index (χ3n) is 6.34. The lowest BCUT2D eigenvalue weighted by Crippen LogP contribution is -2.43. The first-order valence-electron chi connectivity index (χ1n) is 11.1. The van der Waals surface area contributed by atoms with Crippen molar-refractivity contribution in [1.29, 1.82) is 0 Å². The number of rotatable bonds is 5. The van der Waals surface area contributed by atoms with Gasteiger partial charge in [-0.2, -0.15) is 0 Å². The number of aliphatic hydroxyl groups is 1. The molecule has 0 saturated heterocycles. The summed E-state index contributed by atoms with van der Waals surface area (Å²) in [5.41, 5.74) is -0.290. The summed E-state index contributed by atoms with van der Waals surface area (Å²) in [5.74, 6) is -2.99. The zero-order chi connectivity index (χ0) is 24.7. The Morgan fingerprint density at radius 3 is 2.06 bits per heavy atom. The molecule has 1 atom stereocenters. The summed E-state index contributed by atoms with van der Waals surface area (Å²) in [7, 11) is 1.41. The minimum Gasteiger partial charge on any atom is -0.512 e. The van der Waals surface area contributed by atoms with E-state index in [-0.39, 0.29) is 65.9 Å². The van der Waals surface area contributed by atoms with Gasteiger partial charge in [0.15, 0.2) is 17.3 Å². The third kappa shape index (κ3) is 5.18. The molecule has 0 heterocycles. The maximum Gasteiger partial charge on any atom is 0.308 e. The smallest absolute Gasteiger partial charge is 0.308 e. The SMILES string of the molecule is COc1cc([C@H](C2=C(O)CC(C)(C)CC2=O)C2C(=O)CC(C)(C)CC2=O)ccc1OC(C)=O. The van der Waals surface area contributed by atoms with Gasteiger partial charge in [0.1, 0.15) is 17.3 Å². The molecule has 2 aliphatic rings. The molecule has 3 rings (SSSR count). The molecule has 0 radical (unpaired) electrons. The second-order valence-electron chi connectivity index (χ2n) is 10.7. The molecule has 1 saturated carbocycles. The molecule has 0 bridgehead atoms. The van der Waals surface area contributed by atoms with Crippen LogP contribution in [0.2, 0.25) is 0 Å². The van der Waals surface area contributed by atoms with Crippen LogP contribution in [-0.4, -0.2) is 35.5 Å². The Bertz CT molecular complexity index is 1020. The van der Waals surface area contributed by atoms with E-state index in [0.717, 1.165) is 0 Å². The van der Waals surface area contributed by atoms with Crippen molar-refractivity contribution in [2.24, 2.45) is 16.7 Å². The van der Waals surface area contributed by atoms with Gasteiger partial charge >= 0.3 is 5.97 Å². The number of hydrogen-bond donors (Lipinski definition) is 1. The molecule has 0 aliphatic heterocycles. The molecular weight excluding hydrogens is 424 g/mol. The quantitative estimate of drug-likeness (QED) is 0.395. The molecule has 1 aromatic carbocycles. The largest absolute Gasteiger partial charge is 0.512 e. The molecular formula is C26H32O7. The highest BCUT2D eigenvalue weighted by Crippen LogP contribution is 2.48. The Labute approximate surface area is 194 Å². The van der Waals surface area contributed by atoms with Crippen LogP contribution in [-0.2, 0) is 19.2 Å². The average molecular weight is 457 g/mol. The average Bonchev–Trinajstić information content (AvgIpc) is 2.63. The topological polar surface area (TPSA) is 107 Å². The molecule has 0 aromatic heterocycles. The first-order chi connectivity index (χ1) is 15.2. The number of benzene rings is 1. The molecule has 0 amide bonds. The lowest BCUT2D eigenvalue weighted by Gasteiger charge is -2.39. The number of ether oxygens (including phenoxy) is 2. The normalized spacial score (nSPS) is 21.7. The first kappa shape index (κ1) is 24.7. The maximum absolute atomic E-state index is 13.2. The predicted octanol–water partition coefficient (Wildman–Crippen LogP) is 4.48. The monoisotopic (exact) mass is 456 g/mol. The highest BCUT2D eigenvalue weighted by Gasteiger charge is 2.48. The van der Waals surface area contributed by atoms with Crippen LogP contribution in [0.25, 0.3) is 0 Å². The van der Waals surface area contributed by atoms with Crippen LogP contribution >= 0.6 is 0 Å². The number of ketones is 3. The summed E-state index contributed by atoms with van der Waals surface area (Å²) >= 11 is 0. The highest BCUT2D eigenvalue weighted by molar-refractivity contribution is 6.09. The summed E-state index contributed by atoms with van der Waals surface area (Å²) in [5, 5.41) is 10.9. The second-order valence-corrected chi connectivity index (χ2v) is 10.7. The molecule has 33 heavy (non-hydrogen) atoms. The number of aliphatic hydroxyl groups excluding tert-OH is 1. The Morgan fingerprint density at radius 2 is 1.55 bits per heavy atom. The van der Waals surface area contributed by atoms with Gasteiger partial charge in [0.2, 0.25) is 0 Å². The van der Waals surface area contributed by atoms with Gasteiger partial charge in [-0.05, 0) is 28.5 Å². The van der Waals surface area contributed by atoms with Crippen molar-refractivity contribution in [3.63, 3.8) is 0 Å². The molecule has 7 heteroatoms. The van der Waals surface area contributed by atoms with Crippen LogP contribution in [0.3, 0.4) is 0 Å². The summed E-state index contributed by atoms with van der Waals surface area (Å²) < 4.78 is 10.5. The van der Waals surface area contributed by atoms with E-state index in [1.807, 2.05) is 27.7 Å². The van der Waals surface area contributed by atoms with Gasteiger partial charge in [-0.1, -0.05) is 33.8 Å². The van der Waals surface area contributed by atoms with Gasteiger partial charge in [-0.15, -0.1) is 0 Å². The second kappa shape index (κ2) is 8.76. The predicted molar refractivity (Wildman–Crippen MR) is 121 cm³/mol. The number of esters is 1. The van der Waals surface area contributed by atoms with Gasteiger partial charge < -0.3 is 14.6 Å². The van der Waals surface area contributed by atoms with Gasteiger partial charge in [0, 0.05) is 44.1 Å². The van der Waals surface area contributed by atoms with Crippen molar-refractivity contribution in [3.05, 3.63) is 35.1 Å². The summed E-state index contributed by atoms with van der Waals surface area (Å²) in [4.78, 5) is 51.2. The number of hydrogen-bond acceptors (Lipinski definition) is 7. The zero-order valence-corrected chi connectivity index (χ0v) is 20.1. The fourth-order valence-electron chi connectivity index (χ4n) is 5.07. The molecule has 0 spiro atoms. The van der Waals surface area contributed by atoms with Crippen LogP contribution < -0.4 is 9.47 Å². The van der Waals surface area contributed by atoms with Gasteiger partial charge in [-0.3, -0.25) is 19.2 Å². The van der Waals surface area contributed by atoms with Crippen molar-refractivity contribution in [1.82, 2.24) is 0 Å². The Morgan fingerprint density at radius 1 is 0.970 bits per heavy atom. The molecule has 1 aromatic rings. The zero-order valence-electron chi connectivity index (χ0n) is 20.1. The van der Waals surface area contributed by atoms with Crippen LogP contribution in [0.1, 0.15) is 71.8 Å². The van der Waals surface area contributed by atoms with Crippen LogP contribution in [0.15, 0.2) is 29.5 Å². The minimum atomic E-state index is -1.08. The molecule has 7 nitrogen and oxygen atoms in total. The number of carbonyl (C=O) groups is 4. The van der Waals surface area contributed by atoms with E-state index in [9.17, 15) is 24.3 Å². The van der Waals surface area contributed by atoms with E-state index in [1.165, 1.54) is 20.1 Å². The van der Waals surface area contributed by atoms with E-state index in [1.54, 1.807) is 12.1 Å². The summed E-state index contributed by atoms with van der Waals surface area (Å²) in [6.45, 7) is 8.79. The summed E-state index contributed by atoms with van der Waals surface area (Å²) in [6.07, 6.45) is 0.882. The maximum atomic E-state index is 13.2. The number of allylic oxidation sites excluding steroid dienone is 2. The minimum absolute atomic E-state index is 0.0882. The van der Waals surface area contributed by atoms with E-state index in [0.29, 0.717) is 5.56 Å². The first-order valence-corrected chi connectivity index (χ1v) is 11.1.